The van der Waals surface area contributed by atoms with E-state index in [2.05, 4.69) is 111 Å². The predicted molar refractivity (Wildman–Crippen MR) is 503 cm³/mol. The van der Waals surface area contributed by atoms with Gasteiger partial charge < -0.3 is 29.2 Å². The molecule has 2 amide bonds. The van der Waals surface area contributed by atoms with Crippen LogP contribution < -0.4 is 28.7 Å². The smallest absolute Gasteiger partial charge is 0.273 e. The van der Waals surface area contributed by atoms with Crippen LogP contribution in [0.25, 0.3) is 33.2 Å². The van der Waals surface area contributed by atoms with Crippen molar-refractivity contribution in [3.05, 3.63) is 245 Å². The van der Waals surface area contributed by atoms with Crippen LogP contribution in [0.2, 0.25) is 10.0 Å². The number of ether oxygens (including phenoxy) is 2. The Kier molecular flexibility index (Phi) is 27.6. The molecule has 0 radical (unpaired) electrons. The van der Waals surface area contributed by atoms with E-state index in [0.717, 1.165) is 161 Å². The van der Waals surface area contributed by atoms with Gasteiger partial charge in [-0.1, -0.05) is 98.4 Å². The molecule has 6 aromatic carbocycles. The number of benzene rings is 6. The summed E-state index contributed by atoms with van der Waals surface area (Å²) in [6.45, 7) is 17.2. The molecule has 0 saturated carbocycles. The van der Waals surface area contributed by atoms with Crippen LogP contribution >= 0.6 is 23.2 Å². The minimum atomic E-state index is -4.57. The average molecular weight is 1840 g/mol. The lowest BCUT2D eigenvalue weighted by atomic mass is 9.72. The number of aromatic nitrogens is 4. The highest BCUT2D eigenvalue weighted by Crippen LogP contribution is 2.46. The van der Waals surface area contributed by atoms with Gasteiger partial charge in [0.25, 0.3) is 43.2 Å². The van der Waals surface area contributed by atoms with Crippen LogP contribution in [0.3, 0.4) is 0 Å². The van der Waals surface area contributed by atoms with Crippen molar-refractivity contribution < 1.29 is 54.2 Å². The number of carbonyl (C=O) groups excluding carboxylic acids is 2. The molecule has 670 valence electrons. The van der Waals surface area contributed by atoms with Gasteiger partial charge in [0.1, 0.15) is 34.3 Å². The van der Waals surface area contributed by atoms with Crippen LogP contribution in [0.15, 0.2) is 196 Å². The maximum absolute atomic E-state index is 14.0. The molecule has 0 atom stereocenters. The fourth-order valence-electron chi connectivity index (χ4n) is 18.1. The van der Waals surface area contributed by atoms with Crippen LogP contribution in [0, 0.1) is 42.9 Å². The number of piperazine rings is 2. The number of hydrogen-bond acceptors (Lipinski definition) is 21. The number of halogens is 2. The molecule has 4 N–H and O–H groups in total. The Labute approximate surface area is 752 Å². The number of nitrogens with zero attached hydrogens (tertiary/aromatic N) is 9. The zero-order valence-electron chi connectivity index (χ0n) is 72.0. The molecule has 33 heteroatoms. The van der Waals surface area contributed by atoms with Gasteiger partial charge in [0, 0.05) is 185 Å². The summed E-state index contributed by atoms with van der Waals surface area (Å²) in [6.07, 6.45) is 17.8. The molecule has 10 aromatic rings. The third kappa shape index (κ3) is 22.6. The Morgan fingerprint density at radius 1 is 0.551 bits per heavy atom. The minimum Gasteiger partial charge on any atom is -0.455 e. The number of rotatable bonds is 26. The van der Waals surface area contributed by atoms with E-state index in [4.69, 9.17) is 32.7 Å². The lowest BCUT2D eigenvalue weighted by molar-refractivity contribution is -0.385. The number of aromatic amines is 2. The van der Waals surface area contributed by atoms with Crippen molar-refractivity contribution in [2.45, 2.75) is 127 Å². The van der Waals surface area contributed by atoms with Crippen molar-refractivity contribution >= 4 is 136 Å². The van der Waals surface area contributed by atoms with Crippen LogP contribution in [-0.2, 0) is 52.1 Å². The maximum Gasteiger partial charge on any atom is 0.273 e. The maximum atomic E-state index is 14.0. The first-order chi connectivity index (χ1) is 60.6. The van der Waals surface area contributed by atoms with Gasteiger partial charge in [-0.3, -0.25) is 43.8 Å². The van der Waals surface area contributed by atoms with E-state index in [-0.39, 0.29) is 56.7 Å². The van der Waals surface area contributed by atoms with Crippen molar-refractivity contribution in [1.29, 1.82) is 0 Å². The van der Waals surface area contributed by atoms with Gasteiger partial charge in [-0.25, -0.2) is 44.8 Å². The molecule has 27 nitrogen and oxygen atoms in total. The third-order valence-electron chi connectivity index (χ3n) is 25.7. The Hall–Kier alpha value is -10.5. The topological polar surface area (TPSA) is 348 Å². The van der Waals surface area contributed by atoms with Crippen LogP contribution in [0.5, 0.6) is 23.0 Å². The number of amides is 2. The molecule has 16 rings (SSSR count). The number of sulfonamides is 2. The molecule has 127 heavy (non-hydrogen) atoms. The summed E-state index contributed by atoms with van der Waals surface area (Å²) >= 11 is 12.5. The van der Waals surface area contributed by atoms with Crippen molar-refractivity contribution in [2.24, 2.45) is 27.0 Å². The Bertz CT molecular complexity index is 6380. The number of hydrogen-bond donors (Lipinski definition) is 4. The zero-order valence-corrected chi connectivity index (χ0v) is 76.7. The summed E-state index contributed by atoms with van der Waals surface area (Å²) in [5.74, 6) is 5.41. The summed E-state index contributed by atoms with van der Waals surface area (Å²) in [4.78, 5) is 74.6. The largest absolute Gasteiger partial charge is 0.455 e. The lowest BCUT2D eigenvalue weighted by Crippen LogP contribution is -2.47. The molecule has 4 aliphatic heterocycles. The summed E-state index contributed by atoms with van der Waals surface area (Å²) < 4.78 is 101. The highest BCUT2D eigenvalue weighted by atomic mass is 35.5. The van der Waals surface area contributed by atoms with Crippen LogP contribution in [0.4, 0.5) is 22.7 Å². The quantitative estimate of drug-likeness (QED) is 0.0222. The van der Waals surface area contributed by atoms with Crippen LogP contribution in [-0.4, -0.2) is 178 Å². The molecule has 0 unspecified atom stereocenters. The first kappa shape index (κ1) is 91.2. The molecular formula is C94H107Cl2N13O14S4. The first-order valence-corrected chi connectivity index (χ1v) is 50.7. The van der Waals surface area contributed by atoms with Gasteiger partial charge in [0.2, 0.25) is 0 Å². The fraction of sp³-hybridized carbons (Fsp3) is 0.394. The second-order valence-electron chi connectivity index (χ2n) is 35.8. The molecule has 6 aliphatic rings. The van der Waals surface area contributed by atoms with Gasteiger partial charge in [0.15, 0.2) is 0 Å². The highest BCUT2D eigenvalue weighted by Gasteiger charge is 2.36. The van der Waals surface area contributed by atoms with E-state index >= 15 is 0 Å². The standard InChI is InChI=1S/C47H54ClN7O7S2.C47H53ClN6O7S2/c1-47(2)18-14-36(42(29-47)33-6-9-37(48)10-7-33)31-53-20-22-54(23-21-53)38-11-13-41(44(27-38)62-39-26-35-15-19-50-45(35)51-30-39)46(56)52-64(60,61)40-12-8-34(43(28-40)55(57)58)5-4-32-16-24-63(59,49-3)25-17-32;1-47(2)18-14-36(42(29-47)33-6-9-37(48)10-7-33)31-52-20-22-53(23-21-52)38-11-13-41(44(27-38)61-39-26-35-15-19-49-45(35)50-30-39)46(55)51-63(59,60)40-12-8-34(43(28-40)54(56)57)5-4-32-16-24-62(3,58)25-17-32/h6-13,15,19,26-28,30,32H,4-5,14,16-18,20-25,29,31H2,1-3H3,(H,50,51)(H,52,56);6-13,15,19,26-28,30,32H,3-5,14,16-18,20-25,29,31H2,1-2H3,(H,49,50)(H,51,55). The molecule has 4 aromatic heterocycles. The monoisotopic (exact) mass is 1840 g/mol. The number of fused-ring (bicyclic) bond motifs is 2. The van der Waals surface area contributed by atoms with Crippen molar-refractivity contribution in [3.63, 3.8) is 0 Å². The summed E-state index contributed by atoms with van der Waals surface area (Å²) in [5.41, 5.74) is 11.6. The van der Waals surface area contributed by atoms with Crippen molar-refractivity contribution in [2.75, 3.05) is 105 Å². The van der Waals surface area contributed by atoms with E-state index < -0.39 is 70.7 Å². The van der Waals surface area contributed by atoms with E-state index in [0.29, 0.717) is 95.5 Å². The molecule has 0 spiro atoms. The number of carbonyl (C=O) groups is 2. The van der Waals surface area contributed by atoms with Crippen LogP contribution in [0.1, 0.15) is 148 Å². The van der Waals surface area contributed by atoms with Gasteiger partial charge in [0.05, 0.1) is 43.2 Å². The lowest BCUT2D eigenvalue weighted by Gasteiger charge is -2.39. The van der Waals surface area contributed by atoms with E-state index in [1.165, 1.54) is 70.1 Å². The molecule has 4 fully saturated rings. The third-order valence-corrected chi connectivity index (χ3v) is 33.3. The van der Waals surface area contributed by atoms with E-state index in [1.807, 2.05) is 36.4 Å². The summed E-state index contributed by atoms with van der Waals surface area (Å²) in [7, 11) is -11.8. The Morgan fingerprint density at radius 2 is 0.945 bits per heavy atom. The molecule has 2 aliphatic carbocycles. The fourth-order valence-corrected chi connectivity index (χ4v) is 24.0. The van der Waals surface area contributed by atoms with Gasteiger partial charge >= 0.3 is 0 Å². The van der Waals surface area contributed by atoms with Crippen molar-refractivity contribution in [3.8, 4) is 23.0 Å². The molecule has 4 saturated heterocycles. The van der Waals surface area contributed by atoms with Gasteiger partial charge in [-0.15, -0.1) is 0 Å². The molecular weight excluding hydrogens is 1730 g/mol. The second-order valence-corrected chi connectivity index (χ2v) is 45.5. The first-order valence-electron chi connectivity index (χ1n) is 43.1. The van der Waals surface area contributed by atoms with E-state index in [9.17, 15) is 55.1 Å². The highest BCUT2D eigenvalue weighted by molar-refractivity contribution is 8.00. The number of aryl methyl sites for hydroxylation is 2. The van der Waals surface area contributed by atoms with E-state index in [1.54, 1.807) is 68.0 Å². The zero-order chi connectivity index (χ0) is 89.7. The number of nitrogens with one attached hydrogen (secondary N) is 4. The number of H-pyrrole nitrogens is 2. The summed E-state index contributed by atoms with van der Waals surface area (Å²) in [5, 5.41) is 27.4. The number of nitro benzene ring substituents is 2. The molecule has 0 bridgehead atoms. The SMILES string of the molecule is C=S1(=O)CCC(CCc2ccc(S(=O)(=O)NC(=O)c3ccc(N4CCN(CC5=C(c6ccc(Cl)cc6)CC(C)(C)CC5)CC4)cc3Oc3cnc4[nH]ccc4c3)cc2[N+](=O)[O-])CC1.CN=S1(=O)CCC(CCc2ccc(S(=O)(=O)NC(=O)c3ccc(N4CCN(CC5=C(c6ccc(Cl)cc6)CC(C)(C)CC5)CC4)cc3Oc3cnc4[nH]ccc4c3)cc2[N+](=O)[O-])CC1. The number of anilines is 2. The summed E-state index contributed by atoms with van der Waals surface area (Å²) in [6, 6.07) is 41.1. The minimum absolute atomic E-state index is 0.0400. The average Bonchev–Trinajstić information content (AvgIpc) is 1.37. The second kappa shape index (κ2) is 38.4. The Balaban J connectivity index is 0.000000196. The molecule has 8 heterocycles. The predicted octanol–water partition coefficient (Wildman–Crippen LogP) is 18.1. The van der Waals surface area contributed by atoms with Gasteiger partial charge in [-0.05, 0) is 235 Å². The van der Waals surface area contributed by atoms with Crippen molar-refractivity contribution in [1.82, 2.24) is 39.2 Å². The van der Waals surface area contributed by atoms with Gasteiger partial charge in [-0.2, -0.15) is 0 Å². The number of allylic oxidation sites excluding steroid dienone is 2. The number of pyridine rings is 2. The Morgan fingerprint density at radius 3 is 1.33 bits per heavy atom. The normalized spacial score (nSPS) is 20.7. The number of nitro groups is 2.